The van der Waals surface area contributed by atoms with Gasteiger partial charge in [0.1, 0.15) is 16.5 Å². The monoisotopic (exact) mass is 480 g/mol. The number of hydrogen-bond acceptors (Lipinski definition) is 7. The van der Waals surface area contributed by atoms with Crippen molar-refractivity contribution >= 4 is 33.9 Å². The zero-order chi connectivity index (χ0) is 24.1. The third-order valence-corrected chi connectivity index (χ3v) is 6.98. The number of thiophene rings is 1. The van der Waals surface area contributed by atoms with Gasteiger partial charge >= 0.3 is 5.97 Å². The summed E-state index contributed by atoms with van der Waals surface area (Å²) in [7, 11) is 3.27. The molecule has 1 aromatic heterocycles. The van der Waals surface area contributed by atoms with Crippen molar-refractivity contribution < 1.29 is 23.8 Å². The minimum absolute atomic E-state index is 0.164. The number of ether oxygens (including phenoxy) is 3. The Bertz CT molecular complexity index is 1190. The van der Waals surface area contributed by atoms with Crippen LogP contribution in [0.25, 0.3) is 0 Å². The molecule has 0 atom stereocenters. The van der Waals surface area contributed by atoms with Crippen molar-refractivity contribution in [2.75, 3.05) is 31.5 Å². The molecule has 0 fully saturated rings. The van der Waals surface area contributed by atoms with Gasteiger partial charge in [-0.05, 0) is 74.2 Å². The highest BCUT2D eigenvalue weighted by atomic mass is 32.1. The number of carbonyl (C=O) groups is 2. The van der Waals surface area contributed by atoms with Crippen LogP contribution in [-0.4, -0.2) is 32.7 Å². The van der Waals surface area contributed by atoms with Crippen molar-refractivity contribution in [1.82, 2.24) is 0 Å². The van der Waals surface area contributed by atoms with Gasteiger partial charge in [-0.15, -0.1) is 11.3 Å². The maximum atomic E-state index is 13.3. The van der Waals surface area contributed by atoms with Gasteiger partial charge in [0, 0.05) is 22.7 Å². The predicted molar refractivity (Wildman–Crippen MR) is 134 cm³/mol. The van der Waals surface area contributed by atoms with Crippen molar-refractivity contribution in [3.63, 3.8) is 0 Å². The summed E-state index contributed by atoms with van der Waals surface area (Å²) in [6.45, 7) is 2.58. The van der Waals surface area contributed by atoms with E-state index in [9.17, 15) is 9.59 Å². The van der Waals surface area contributed by atoms with Crippen molar-refractivity contribution in [2.45, 2.75) is 32.7 Å². The number of methoxy groups -OCH3 is 2. The minimum atomic E-state index is -0.379. The second-order valence-corrected chi connectivity index (χ2v) is 8.95. The highest BCUT2D eigenvalue weighted by molar-refractivity contribution is 7.16. The third kappa shape index (κ3) is 5.02. The van der Waals surface area contributed by atoms with E-state index in [-0.39, 0.29) is 11.9 Å². The van der Waals surface area contributed by atoms with Gasteiger partial charge < -0.3 is 24.8 Å². The summed E-state index contributed by atoms with van der Waals surface area (Å²) in [5, 5.41) is 7.28. The quantitative estimate of drug-likeness (QED) is 0.405. The molecule has 178 valence electrons. The molecule has 8 heteroatoms. The van der Waals surface area contributed by atoms with Crippen LogP contribution < -0.4 is 20.1 Å². The molecule has 0 radical (unpaired) electrons. The van der Waals surface area contributed by atoms with E-state index in [1.165, 1.54) is 4.88 Å². The van der Waals surface area contributed by atoms with Gasteiger partial charge in [-0.2, -0.15) is 0 Å². The fraction of sp³-hybridized carbons (Fsp3) is 0.308. The Labute approximate surface area is 203 Å². The first-order valence-electron chi connectivity index (χ1n) is 11.2. The highest BCUT2D eigenvalue weighted by Crippen LogP contribution is 2.40. The average Bonchev–Trinajstić information content (AvgIpc) is 3.44. The summed E-state index contributed by atoms with van der Waals surface area (Å²) < 4.78 is 15.9. The summed E-state index contributed by atoms with van der Waals surface area (Å²) in [5.41, 5.74) is 3.82. The van der Waals surface area contributed by atoms with Crippen LogP contribution in [0.2, 0.25) is 0 Å². The molecule has 1 amide bonds. The second-order valence-electron chi connectivity index (χ2n) is 7.84. The van der Waals surface area contributed by atoms with Crippen LogP contribution >= 0.6 is 11.3 Å². The van der Waals surface area contributed by atoms with E-state index in [1.807, 2.05) is 18.2 Å². The molecule has 4 rings (SSSR count). The van der Waals surface area contributed by atoms with Crippen molar-refractivity contribution in [2.24, 2.45) is 0 Å². The van der Waals surface area contributed by atoms with Gasteiger partial charge in [-0.25, -0.2) is 4.79 Å². The summed E-state index contributed by atoms with van der Waals surface area (Å²) in [6, 6.07) is 12.4. The van der Waals surface area contributed by atoms with Crippen molar-refractivity contribution in [3.05, 3.63) is 69.6 Å². The van der Waals surface area contributed by atoms with Gasteiger partial charge in [0.25, 0.3) is 5.91 Å². The van der Waals surface area contributed by atoms with Gasteiger partial charge in [-0.3, -0.25) is 4.79 Å². The smallest absolute Gasteiger partial charge is 0.338 e. The Morgan fingerprint density at radius 1 is 1.03 bits per heavy atom. The number of amides is 1. The summed E-state index contributed by atoms with van der Waals surface area (Å²) in [6.07, 6.45) is 2.93. The number of rotatable bonds is 9. The standard InChI is InChI=1S/C26H28N2O5S/c1-4-33-26(30)16-8-10-18(11-9-16)28-24(29)23-20-6-5-7-22(20)34-25(23)27-15-17-14-19(31-2)12-13-21(17)32-3/h8-14,27H,4-7,15H2,1-3H3,(H,28,29). The van der Waals surface area contributed by atoms with Crippen LogP contribution in [0.4, 0.5) is 10.7 Å². The topological polar surface area (TPSA) is 85.9 Å². The van der Waals surface area contributed by atoms with E-state index in [0.717, 1.165) is 46.9 Å². The average molecular weight is 481 g/mol. The first-order chi connectivity index (χ1) is 16.5. The third-order valence-electron chi connectivity index (χ3n) is 5.73. The molecule has 1 heterocycles. The molecule has 7 nitrogen and oxygen atoms in total. The molecule has 2 N–H and O–H groups in total. The van der Waals surface area contributed by atoms with E-state index in [1.54, 1.807) is 56.7 Å². The van der Waals surface area contributed by atoms with Crippen LogP contribution in [0.1, 0.15) is 50.1 Å². The van der Waals surface area contributed by atoms with Gasteiger partial charge in [0.15, 0.2) is 0 Å². The molecule has 3 aromatic rings. The molecule has 0 spiro atoms. The molecular weight excluding hydrogens is 452 g/mol. The van der Waals surface area contributed by atoms with Crippen LogP contribution in [-0.2, 0) is 24.1 Å². The van der Waals surface area contributed by atoms with Gasteiger partial charge in [-0.1, -0.05) is 0 Å². The summed E-state index contributed by atoms with van der Waals surface area (Å²) >= 11 is 1.64. The molecule has 1 aliphatic rings. The number of benzene rings is 2. The predicted octanol–water partition coefficient (Wildman–Crippen LogP) is 5.30. The number of esters is 1. The first kappa shape index (κ1) is 23.6. The van der Waals surface area contributed by atoms with Crippen LogP contribution in [0.15, 0.2) is 42.5 Å². The Kier molecular flexibility index (Phi) is 7.37. The van der Waals surface area contributed by atoms with E-state index in [0.29, 0.717) is 30.0 Å². The van der Waals surface area contributed by atoms with E-state index >= 15 is 0 Å². The fourth-order valence-electron chi connectivity index (χ4n) is 4.06. The van der Waals surface area contributed by atoms with Crippen molar-refractivity contribution in [1.29, 1.82) is 0 Å². The number of nitrogens with one attached hydrogen (secondary N) is 2. The highest BCUT2D eigenvalue weighted by Gasteiger charge is 2.27. The zero-order valence-corrected chi connectivity index (χ0v) is 20.3. The zero-order valence-electron chi connectivity index (χ0n) is 19.5. The largest absolute Gasteiger partial charge is 0.497 e. The molecule has 0 saturated heterocycles. The van der Waals surface area contributed by atoms with Crippen molar-refractivity contribution in [3.8, 4) is 11.5 Å². The maximum Gasteiger partial charge on any atom is 0.338 e. The van der Waals surface area contributed by atoms with E-state index < -0.39 is 0 Å². The summed E-state index contributed by atoms with van der Waals surface area (Å²) in [5.74, 6) is 0.958. The number of aryl methyl sites for hydroxylation is 1. The molecule has 0 unspecified atom stereocenters. The normalized spacial score (nSPS) is 12.1. The van der Waals surface area contributed by atoms with E-state index in [4.69, 9.17) is 14.2 Å². The lowest BCUT2D eigenvalue weighted by Gasteiger charge is -2.13. The van der Waals surface area contributed by atoms with Crippen LogP contribution in [0, 0.1) is 0 Å². The Morgan fingerprint density at radius 3 is 2.53 bits per heavy atom. The van der Waals surface area contributed by atoms with Crippen LogP contribution in [0.3, 0.4) is 0 Å². The molecular formula is C26H28N2O5S. The van der Waals surface area contributed by atoms with Gasteiger partial charge in [0.2, 0.25) is 0 Å². The number of hydrogen-bond donors (Lipinski definition) is 2. The Morgan fingerprint density at radius 2 is 1.82 bits per heavy atom. The van der Waals surface area contributed by atoms with Crippen LogP contribution in [0.5, 0.6) is 11.5 Å². The minimum Gasteiger partial charge on any atom is -0.497 e. The molecule has 0 aliphatic heterocycles. The molecule has 0 saturated carbocycles. The molecule has 0 bridgehead atoms. The van der Waals surface area contributed by atoms with Gasteiger partial charge in [0.05, 0.1) is 32.0 Å². The first-order valence-corrected chi connectivity index (χ1v) is 12.0. The number of carbonyl (C=O) groups excluding carboxylic acids is 2. The Balaban J connectivity index is 1.54. The molecule has 1 aliphatic carbocycles. The van der Waals surface area contributed by atoms with E-state index in [2.05, 4.69) is 10.6 Å². The lowest BCUT2D eigenvalue weighted by molar-refractivity contribution is 0.0526. The number of anilines is 2. The SMILES string of the molecule is CCOC(=O)c1ccc(NC(=O)c2c(NCc3cc(OC)ccc3OC)sc3c2CCC3)cc1. The molecule has 34 heavy (non-hydrogen) atoms. The Hall–Kier alpha value is -3.52. The summed E-state index contributed by atoms with van der Waals surface area (Å²) in [4.78, 5) is 26.5. The lowest BCUT2D eigenvalue weighted by Crippen LogP contribution is -2.15. The lowest BCUT2D eigenvalue weighted by atomic mass is 10.1. The fourth-order valence-corrected chi connectivity index (χ4v) is 5.34. The number of fused-ring (bicyclic) bond motifs is 1. The second kappa shape index (κ2) is 10.6. The maximum absolute atomic E-state index is 13.3. The molecule has 2 aromatic carbocycles.